The molecule has 3 nitrogen and oxygen atoms in total. The summed E-state index contributed by atoms with van der Waals surface area (Å²) in [4.78, 5) is 15.2. The molecule has 0 unspecified atom stereocenters. The second-order valence-corrected chi connectivity index (χ2v) is 8.67. The highest BCUT2D eigenvalue weighted by molar-refractivity contribution is 5.95. The van der Waals surface area contributed by atoms with Gasteiger partial charge in [0.15, 0.2) is 0 Å². The highest BCUT2D eigenvalue weighted by atomic mass is 16.1. The van der Waals surface area contributed by atoms with Crippen molar-refractivity contribution in [3.8, 4) is 11.1 Å². The van der Waals surface area contributed by atoms with Crippen molar-refractivity contribution in [1.29, 1.82) is 0 Å². The third-order valence-corrected chi connectivity index (χ3v) is 5.88. The maximum absolute atomic E-state index is 13.0. The summed E-state index contributed by atoms with van der Waals surface area (Å²) in [5.74, 6) is -0.0422. The minimum absolute atomic E-state index is 0.0225. The van der Waals surface area contributed by atoms with Crippen molar-refractivity contribution >= 4 is 16.7 Å². The maximum atomic E-state index is 13.0. The van der Waals surface area contributed by atoms with Crippen LogP contribution in [0.15, 0.2) is 91.0 Å². The van der Waals surface area contributed by atoms with Gasteiger partial charge in [-0.05, 0) is 79.6 Å². The number of nitrogens with one attached hydrogen (secondary N) is 1. The SMILES string of the molecule is Cc1ccc([C@H](CCN(C)C)NC(=O)c2ccc(-c3ccc4ccccc4c3)cc2)cc1. The molecule has 32 heavy (non-hydrogen) atoms. The minimum atomic E-state index is -0.0422. The van der Waals surface area contributed by atoms with Crippen molar-refractivity contribution in [2.45, 2.75) is 19.4 Å². The monoisotopic (exact) mass is 422 g/mol. The Morgan fingerprint density at radius 1 is 0.812 bits per heavy atom. The van der Waals surface area contributed by atoms with Crippen molar-refractivity contribution in [1.82, 2.24) is 10.2 Å². The van der Waals surface area contributed by atoms with Crippen molar-refractivity contribution in [3.63, 3.8) is 0 Å². The lowest BCUT2D eigenvalue weighted by molar-refractivity contribution is 0.0932. The molecule has 0 aliphatic carbocycles. The van der Waals surface area contributed by atoms with E-state index in [1.165, 1.54) is 16.3 Å². The number of benzene rings is 4. The number of aryl methyl sites for hydroxylation is 1. The summed E-state index contributed by atoms with van der Waals surface area (Å²) >= 11 is 0. The average molecular weight is 423 g/mol. The van der Waals surface area contributed by atoms with E-state index in [0.717, 1.165) is 29.7 Å². The molecular formula is C29H30N2O. The standard InChI is InChI=1S/C29H30N2O/c1-21-8-10-24(11-9-21)28(18-19-31(2)3)30-29(32)25-15-12-23(13-16-25)27-17-14-22-6-4-5-7-26(22)20-27/h4-17,20,28H,18-19H2,1-3H3,(H,30,32)/t28-/m0/s1. The maximum Gasteiger partial charge on any atom is 0.251 e. The molecule has 0 aliphatic heterocycles. The Balaban J connectivity index is 1.51. The topological polar surface area (TPSA) is 32.3 Å². The summed E-state index contributed by atoms with van der Waals surface area (Å²) in [6.45, 7) is 2.98. The van der Waals surface area contributed by atoms with Crippen LogP contribution in [0.5, 0.6) is 0 Å². The molecule has 0 saturated heterocycles. The van der Waals surface area contributed by atoms with Gasteiger partial charge in [-0.2, -0.15) is 0 Å². The van der Waals surface area contributed by atoms with Gasteiger partial charge < -0.3 is 10.2 Å². The highest BCUT2D eigenvalue weighted by Crippen LogP contribution is 2.25. The molecule has 3 heteroatoms. The molecule has 0 heterocycles. The Morgan fingerprint density at radius 3 is 2.16 bits per heavy atom. The second kappa shape index (κ2) is 9.80. The molecule has 1 amide bonds. The van der Waals surface area contributed by atoms with Gasteiger partial charge in [0, 0.05) is 5.56 Å². The molecule has 0 saturated carbocycles. The van der Waals surface area contributed by atoms with Crippen LogP contribution in [0.3, 0.4) is 0 Å². The van der Waals surface area contributed by atoms with Crippen molar-refractivity contribution in [3.05, 3.63) is 108 Å². The number of hydrogen-bond acceptors (Lipinski definition) is 2. The van der Waals surface area contributed by atoms with E-state index in [1.54, 1.807) is 0 Å². The molecule has 0 fully saturated rings. The molecular weight excluding hydrogens is 392 g/mol. The van der Waals surface area contributed by atoms with Gasteiger partial charge in [0.05, 0.1) is 6.04 Å². The van der Waals surface area contributed by atoms with Crippen LogP contribution in [-0.4, -0.2) is 31.4 Å². The van der Waals surface area contributed by atoms with Crippen LogP contribution < -0.4 is 5.32 Å². The number of rotatable bonds is 7. The van der Waals surface area contributed by atoms with E-state index in [4.69, 9.17) is 0 Å². The van der Waals surface area contributed by atoms with Gasteiger partial charge in [-0.3, -0.25) is 4.79 Å². The molecule has 4 rings (SSSR count). The summed E-state index contributed by atoms with van der Waals surface area (Å²) in [5.41, 5.74) is 5.29. The molecule has 0 aromatic heterocycles. The molecule has 162 valence electrons. The van der Waals surface area contributed by atoms with Gasteiger partial charge in [-0.15, -0.1) is 0 Å². The fraction of sp³-hybridized carbons (Fsp3) is 0.207. The molecule has 0 radical (unpaired) electrons. The van der Waals surface area contributed by atoms with Gasteiger partial charge in [-0.1, -0.05) is 78.4 Å². The Bertz CT molecular complexity index is 1190. The number of amides is 1. The molecule has 0 spiro atoms. The third kappa shape index (κ3) is 5.24. The van der Waals surface area contributed by atoms with Gasteiger partial charge >= 0.3 is 0 Å². The first-order chi connectivity index (χ1) is 15.5. The zero-order chi connectivity index (χ0) is 22.5. The zero-order valence-corrected chi connectivity index (χ0v) is 19.0. The normalized spacial score (nSPS) is 12.1. The quantitative estimate of drug-likeness (QED) is 0.382. The summed E-state index contributed by atoms with van der Waals surface area (Å²) in [6.07, 6.45) is 0.858. The number of fused-ring (bicyclic) bond motifs is 1. The molecule has 0 bridgehead atoms. The van der Waals surface area contributed by atoms with Crippen molar-refractivity contribution in [2.24, 2.45) is 0 Å². The lowest BCUT2D eigenvalue weighted by Crippen LogP contribution is -2.31. The second-order valence-electron chi connectivity index (χ2n) is 8.67. The lowest BCUT2D eigenvalue weighted by atomic mass is 9.99. The number of carbonyl (C=O) groups is 1. The van der Waals surface area contributed by atoms with Gasteiger partial charge in [0.2, 0.25) is 0 Å². The molecule has 1 atom stereocenters. The zero-order valence-electron chi connectivity index (χ0n) is 19.0. The van der Waals surface area contributed by atoms with E-state index in [9.17, 15) is 4.79 Å². The van der Waals surface area contributed by atoms with Crippen molar-refractivity contribution in [2.75, 3.05) is 20.6 Å². The summed E-state index contributed by atoms with van der Waals surface area (Å²) in [7, 11) is 4.11. The summed E-state index contributed by atoms with van der Waals surface area (Å²) in [5, 5.41) is 5.69. The van der Waals surface area contributed by atoms with Crippen LogP contribution in [0.1, 0.15) is 33.9 Å². The van der Waals surface area contributed by atoms with Crippen LogP contribution in [0.2, 0.25) is 0 Å². The van der Waals surface area contributed by atoms with Crippen LogP contribution in [0.25, 0.3) is 21.9 Å². The first-order valence-electron chi connectivity index (χ1n) is 11.1. The van der Waals surface area contributed by atoms with E-state index < -0.39 is 0 Å². The molecule has 4 aromatic rings. The van der Waals surface area contributed by atoms with E-state index >= 15 is 0 Å². The molecule has 1 N–H and O–H groups in total. The third-order valence-electron chi connectivity index (χ3n) is 5.88. The minimum Gasteiger partial charge on any atom is -0.345 e. The van der Waals surface area contributed by atoms with Crippen molar-refractivity contribution < 1.29 is 4.79 Å². The van der Waals surface area contributed by atoms with Gasteiger partial charge in [0.1, 0.15) is 0 Å². The number of hydrogen-bond donors (Lipinski definition) is 1. The van der Waals surface area contributed by atoms with Gasteiger partial charge in [0.25, 0.3) is 5.91 Å². The Labute approximate surface area is 190 Å². The smallest absolute Gasteiger partial charge is 0.251 e. The largest absolute Gasteiger partial charge is 0.345 e. The highest BCUT2D eigenvalue weighted by Gasteiger charge is 2.16. The van der Waals surface area contributed by atoms with E-state index in [2.05, 4.69) is 98.0 Å². The summed E-state index contributed by atoms with van der Waals surface area (Å²) in [6, 6.07) is 31.1. The lowest BCUT2D eigenvalue weighted by Gasteiger charge is -2.21. The van der Waals surface area contributed by atoms with Gasteiger partial charge in [-0.25, -0.2) is 0 Å². The predicted molar refractivity (Wildman–Crippen MR) is 134 cm³/mol. The predicted octanol–water partition coefficient (Wildman–Crippen LogP) is 6.24. The Kier molecular flexibility index (Phi) is 6.67. The number of carbonyl (C=O) groups excluding carboxylic acids is 1. The van der Waals surface area contributed by atoms with Crippen LogP contribution in [-0.2, 0) is 0 Å². The Morgan fingerprint density at radius 2 is 1.47 bits per heavy atom. The molecule has 0 aliphatic rings. The first kappa shape index (κ1) is 21.8. The Hall–Kier alpha value is -3.43. The van der Waals surface area contributed by atoms with Crippen LogP contribution >= 0.6 is 0 Å². The van der Waals surface area contributed by atoms with E-state index in [-0.39, 0.29) is 11.9 Å². The first-order valence-corrected chi connectivity index (χ1v) is 11.1. The summed E-state index contributed by atoms with van der Waals surface area (Å²) < 4.78 is 0. The van der Waals surface area contributed by atoms with E-state index in [1.807, 2.05) is 24.3 Å². The van der Waals surface area contributed by atoms with E-state index in [0.29, 0.717) is 5.56 Å². The molecule has 4 aromatic carbocycles. The van der Waals surface area contributed by atoms with Crippen LogP contribution in [0.4, 0.5) is 0 Å². The van der Waals surface area contributed by atoms with Crippen LogP contribution in [0, 0.1) is 6.92 Å². The fourth-order valence-corrected chi connectivity index (χ4v) is 3.93. The number of nitrogens with zero attached hydrogens (tertiary/aromatic N) is 1. The fourth-order valence-electron chi connectivity index (χ4n) is 3.93. The average Bonchev–Trinajstić information content (AvgIpc) is 2.82.